The van der Waals surface area contributed by atoms with Crippen molar-refractivity contribution in [2.75, 3.05) is 18.1 Å². The SMILES string of the molecule is CCC1(C(=O)NC(CO)c2ccccc2)CC(=O)N(c2c(C)cccc2C)C1. The molecule has 1 saturated heterocycles. The Bertz CT molecular complexity index is 845. The molecular weight excluding hydrogens is 352 g/mol. The lowest BCUT2D eigenvalue weighted by atomic mass is 9.82. The van der Waals surface area contributed by atoms with Crippen LogP contribution >= 0.6 is 0 Å². The third kappa shape index (κ3) is 3.67. The van der Waals surface area contributed by atoms with Crippen LogP contribution in [0.5, 0.6) is 0 Å². The number of anilines is 1. The van der Waals surface area contributed by atoms with Crippen LogP contribution in [-0.4, -0.2) is 30.1 Å². The molecule has 2 aromatic carbocycles. The van der Waals surface area contributed by atoms with Gasteiger partial charge in [0.25, 0.3) is 0 Å². The highest BCUT2D eigenvalue weighted by molar-refractivity contribution is 6.03. The Morgan fingerprint density at radius 1 is 1.14 bits per heavy atom. The van der Waals surface area contributed by atoms with E-state index in [1.165, 1.54) is 0 Å². The molecule has 2 atom stereocenters. The predicted molar refractivity (Wildman–Crippen MR) is 110 cm³/mol. The Kier molecular flexibility index (Phi) is 5.84. The zero-order valence-electron chi connectivity index (χ0n) is 16.7. The van der Waals surface area contributed by atoms with E-state index in [1.807, 2.05) is 69.3 Å². The molecule has 5 nitrogen and oxygen atoms in total. The molecule has 2 aromatic rings. The minimum atomic E-state index is -0.798. The van der Waals surface area contributed by atoms with Crippen LogP contribution in [0.3, 0.4) is 0 Å². The lowest BCUT2D eigenvalue weighted by Gasteiger charge is -2.29. The number of aliphatic hydroxyl groups is 1. The molecule has 0 saturated carbocycles. The maximum absolute atomic E-state index is 13.2. The summed E-state index contributed by atoms with van der Waals surface area (Å²) in [7, 11) is 0. The van der Waals surface area contributed by atoms with Crippen molar-refractivity contribution in [1.82, 2.24) is 5.32 Å². The second kappa shape index (κ2) is 8.15. The van der Waals surface area contributed by atoms with Crippen LogP contribution < -0.4 is 10.2 Å². The molecule has 0 radical (unpaired) electrons. The number of nitrogens with zero attached hydrogens (tertiary/aromatic N) is 1. The molecule has 28 heavy (non-hydrogen) atoms. The monoisotopic (exact) mass is 380 g/mol. The van der Waals surface area contributed by atoms with Gasteiger partial charge in [-0.05, 0) is 37.0 Å². The van der Waals surface area contributed by atoms with Crippen molar-refractivity contribution in [2.45, 2.75) is 39.7 Å². The Labute approximate surface area is 166 Å². The maximum atomic E-state index is 13.2. The zero-order valence-corrected chi connectivity index (χ0v) is 16.7. The van der Waals surface area contributed by atoms with Gasteiger partial charge in [0.15, 0.2) is 0 Å². The van der Waals surface area contributed by atoms with E-state index in [0.29, 0.717) is 13.0 Å². The number of rotatable bonds is 6. The molecule has 1 aliphatic rings. The van der Waals surface area contributed by atoms with Crippen LogP contribution in [0.4, 0.5) is 5.69 Å². The first-order valence-electron chi connectivity index (χ1n) is 9.75. The summed E-state index contributed by atoms with van der Waals surface area (Å²) in [5.74, 6) is -0.213. The normalized spacial score (nSPS) is 20.3. The van der Waals surface area contributed by atoms with Crippen molar-refractivity contribution >= 4 is 17.5 Å². The third-order valence-electron chi connectivity index (χ3n) is 5.81. The molecule has 148 valence electrons. The first kappa shape index (κ1) is 20.1. The first-order chi connectivity index (χ1) is 13.4. The number of hydrogen-bond acceptors (Lipinski definition) is 3. The number of aliphatic hydroxyl groups excluding tert-OH is 1. The van der Waals surface area contributed by atoms with Crippen molar-refractivity contribution in [3.05, 3.63) is 65.2 Å². The van der Waals surface area contributed by atoms with E-state index in [4.69, 9.17) is 0 Å². The molecule has 3 rings (SSSR count). The Morgan fingerprint density at radius 3 is 2.36 bits per heavy atom. The number of amides is 2. The average Bonchev–Trinajstić information content (AvgIpc) is 3.04. The van der Waals surface area contributed by atoms with Gasteiger partial charge in [-0.2, -0.15) is 0 Å². The number of nitrogens with one attached hydrogen (secondary N) is 1. The van der Waals surface area contributed by atoms with Gasteiger partial charge in [-0.3, -0.25) is 9.59 Å². The zero-order chi connectivity index (χ0) is 20.3. The van der Waals surface area contributed by atoms with Crippen LogP contribution in [-0.2, 0) is 9.59 Å². The summed E-state index contributed by atoms with van der Waals surface area (Å²) >= 11 is 0. The molecule has 0 spiro atoms. The molecule has 1 aliphatic heterocycles. The highest BCUT2D eigenvalue weighted by Crippen LogP contribution is 2.40. The lowest BCUT2D eigenvalue weighted by Crippen LogP contribution is -2.45. The molecule has 2 unspecified atom stereocenters. The van der Waals surface area contributed by atoms with Crippen LogP contribution in [0.25, 0.3) is 0 Å². The van der Waals surface area contributed by atoms with Crippen LogP contribution in [0.15, 0.2) is 48.5 Å². The summed E-state index contributed by atoms with van der Waals surface area (Å²) in [6.45, 7) is 6.08. The lowest BCUT2D eigenvalue weighted by molar-refractivity contribution is -0.133. The third-order valence-corrected chi connectivity index (χ3v) is 5.81. The van der Waals surface area contributed by atoms with Gasteiger partial charge in [0.05, 0.1) is 18.1 Å². The number of carbonyl (C=O) groups excluding carboxylic acids is 2. The molecule has 1 fully saturated rings. The van der Waals surface area contributed by atoms with Gasteiger partial charge in [0.1, 0.15) is 0 Å². The number of benzene rings is 2. The van der Waals surface area contributed by atoms with E-state index < -0.39 is 11.5 Å². The van der Waals surface area contributed by atoms with Gasteiger partial charge in [0.2, 0.25) is 11.8 Å². The molecule has 2 N–H and O–H groups in total. The van der Waals surface area contributed by atoms with Crippen molar-refractivity contribution in [1.29, 1.82) is 0 Å². The Hall–Kier alpha value is -2.66. The van der Waals surface area contributed by atoms with Crippen molar-refractivity contribution in [3.63, 3.8) is 0 Å². The van der Waals surface area contributed by atoms with E-state index in [0.717, 1.165) is 22.4 Å². The van der Waals surface area contributed by atoms with Gasteiger partial charge in [-0.15, -0.1) is 0 Å². The van der Waals surface area contributed by atoms with Crippen LogP contribution in [0, 0.1) is 19.3 Å². The summed E-state index contributed by atoms with van der Waals surface area (Å²) in [4.78, 5) is 27.9. The first-order valence-corrected chi connectivity index (χ1v) is 9.75. The van der Waals surface area contributed by atoms with Gasteiger partial charge in [-0.25, -0.2) is 0 Å². The van der Waals surface area contributed by atoms with Gasteiger partial charge in [0, 0.05) is 18.7 Å². The van der Waals surface area contributed by atoms with E-state index in [-0.39, 0.29) is 24.8 Å². The molecule has 2 amide bonds. The number of hydrogen-bond donors (Lipinski definition) is 2. The number of para-hydroxylation sites is 1. The topological polar surface area (TPSA) is 69.6 Å². The predicted octanol–water partition coefficient (Wildman–Crippen LogP) is 3.29. The van der Waals surface area contributed by atoms with Gasteiger partial charge in [-0.1, -0.05) is 55.5 Å². The minimum absolute atomic E-state index is 0.0327. The van der Waals surface area contributed by atoms with Gasteiger partial charge >= 0.3 is 0 Å². The summed E-state index contributed by atoms with van der Waals surface area (Å²) in [6, 6.07) is 14.9. The van der Waals surface area contributed by atoms with Crippen LogP contribution in [0.1, 0.15) is 42.5 Å². The van der Waals surface area contributed by atoms with Crippen LogP contribution in [0.2, 0.25) is 0 Å². The quantitative estimate of drug-likeness (QED) is 0.808. The van der Waals surface area contributed by atoms with Gasteiger partial charge < -0.3 is 15.3 Å². The molecule has 0 aliphatic carbocycles. The van der Waals surface area contributed by atoms with E-state index in [1.54, 1.807) is 4.90 Å². The summed E-state index contributed by atoms with van der Waals surface area (Å²) < 4.78 is 0. The van der Waals surface area contributed by atoms with Crippen molar-refractivity contribution in [2.24, 2.45) is 5.41 Å². The fourth-order valence-corrected chi connectivity index (χ4v) is 4.05. The second-order valence-electron chi connectivity index (χ2n) is 7.65. The maximum Gasteiger partial charge on any atom is 0.229 e. The summed E-state index contributed by atoms with van der Waals surface area (Å²) in [5.41, 5.74) is 3.00. The average molecular weight is 380 g/mol. The van der Waals surface area contributed by atoms with E-state index in [9.17, 15) is 14.7 Å². The summed E-state index contributed by atoms with van der Waals surface area (Å²) in [5, 5.41) is 12.8. The fourth-order valence-electron chi connectivity index (χ4n) is 4.05. The smallest absolute Gasteiger partial charge is 0.229 e. The fraction of sp³-hybridized carbons (Fsp3) is 0.391. The number of aryl methyl sites for hydroxylation is 2. The number of carbonyl (C=O) groups is 2. The second-order valence-corrected chi connectivity index (χ2v) is 7.65. The highest BCUT2D eigenvalue weighted by Gasteiger charge is 2.48. The Morgan fingerprint density at radius 2 is 1.79 bits per heavy atom. The Balaban J connectivity index is 1.85. The molecular formula is C23H28N2O3. The molecule has 0 aromatic heterocycles. The van der Waals surface area contributed by atoms with Crippen molar-refractivity contribution < 1.29 is 14.7 Å². The van der Waals surface area contributed by atoms with E-state index in [2.05, 4.69) is 5.32 Å². The molecule has 1 heterocycles. The highest BCUT2D eigenvalue weighted by atomic mass is 16.3. The van der Waals surface area contributed by atoms with Crippen molar-refractivity contribution in [3.8, 4) is 0 Å². The standard InChI is InChI=1S/C23H28N2O3/c1-4-23(22(28)24-19(14-26)18-11-6-5-7-12-18)13-20(27)25(15-23)21-16(2)9-8-10-17(21)3/h5-12,19,26H,4,13-15H2,1-3H3,(H,24,28). The molecule has 0 bridgehead atoms. The van der Waals surface area contributed by atoms with E-state index >= 15 is 0 Å². The largest absolute Gasteiger partial charge is 0.394 e. The summed E-state index contributed by atoms with van der Waals surface area (Å²) in [6.07, 6.45) is 0.731. The molecule has 5 heteroatoms. The minimum Gasteiger partial charge on any atom is -0.394 e.